The number of nitrogens with zero attached hydrogens (tertiary/aromatic N) is 1. The summed E-state index contributed by atoms with van der Waals surface area (Å²) in [6.45, 7) is 5.24. The van der Waals surface area contributed by atoms with Crippen LogP contribution in [-0.4, -0.2) is 35.0 Å². The van der Waals surface area contributed by atoms with Crippen LogP contribution in [0.3, 0.4) is 0 Å². The highest BCUT2D eigenvalue weighted by atomic mass is 16.4. The van der Waals surface area contributed by atoms with Crippen molar-refractivity contribution in [2.24, 2.45) is 0 Å². The maximum atomic E-state index is 12.5. The topological polar surface area (TPSA) is 65.7 Å². The molecule has 1 fully saturated rings. The van der Waals surface area contributed by atoms with Crippen molar-refractivity contribution in [3.8, 4) is 0 Å². The molecule has 0 bridgehead atoms. The van der Waals surface area contributed by atoms with Gasteiger partial charge in [0.25, 0.3) is 0 Å². The number of carbonyl (C=O) groups excluding carboxylic acids is 1. The number of aryl methyl sites for hydroxylation is 2. The molecule has 25 heavy (non-hydrogen) atoms. The van der Waals surface area contributed by atoms with E-state index in [1.165, 1.54) is 0 Å². The SMILES string of the molecule is Cc1ccc(C)c(NC(=O)CN2CCCC2CC(O)c2ccco2)c1. The van der Waals surface area contributed by atoms with Crippen LogP contribution >= 0.6 is 0 Å². The summed E-state index contributed by atoms with van der Waals surface area (Å²) in [5, 5.41) is 13.3. The zero-order chi connectivity index (χ0) is 17.8. The number of benzene rings is 1. The van der Waals surface area contributed by atoms with E-state index in [0.29, 0.717) is 18.7 Å². The van der Waals surface area contributed by atoms with Crippen molar-refractivity contribution in [2.45, 2.75) is 45.3 Å². The van der Waals surface area contributed by atoms with Gasteiger partial charge in [0, 0.05) is 11.7 Å². The van der Waals surface area contributed by atoms with E-state index in [1.54, 1.807) is 18.4 Å². The van der Waals surface area contributed by atoms with Crippen molar-refractivity contribution in [1.29, 1.82) is 0 Å². The van der Waals surface area contributed by atoms with Gasteiger partial charge < -0.3 is 14.8 Å². The van der Waals surface area contributed by atoms with Gasteiger partial charge in [0.15, 0.2) is 0 Å². The van der Waals surface area contributed by atoms with Gasteiger partial charge >= 0.3 is 0 Å². The fourth-order valence-electron chi connectivity index (χ4n) is 3.47. The van der Waals surface area contributed by atoms with E-state index in [4.69, 9.17) is 4.42 Å². The first kappa shape index (κ1) is 17.7. The Morgan fingerprint density at radius 2 is 2.24 bits per heavy atom. The van der Waals surface area contributed by atoms with Crippen molar-refractivity contribution in [3.63, 3.8) is 0 Å². The molecular formula is C20H26N2O3. The van der Waals surface area contributed by atoms with E-state index in [2.05, 4.69) is 10.2 Å². The highest BCUT2D eigenvalue weighted by Gasteiger charge is 2.29. The van der Waals surface area contributed by atoms with Crippen molar-refractivity contribution in [2.75, 3.05) is 18.4 Å². The zero-order valence-electron chi connectivity index (χ0n) is 14.9. The third-order valence-electron chi connectivity index (χ3n) is 4.88. The van der Waals surface area contributed by atoms with Gasteiger partial charge in [-0.25, -0.2) is 0 Å². The minimum atomic E-state index is -0.623. The Morgan fingerprint density at radius 3 is 3.00 bits per heavy atom. The fourth-order valence-corrected chi connectivity index (χ4v) is 3.47. The average Bonchev–Trinajstić information content (AvgIpc) is 3.23. The third kappa shape index (κ3) is 4.50. The average molecular weight is 342 g/mol. The Balaban J connectivity index is 1.57. The van der Waals surface area contributed by atoms with E-state index in [0.717, 1.165) is 36.2 Å². The number of hydrogen-bond acceptors (Lipinski definition) is 4. The largest absolute Gasteiger partial charge is 0.467 e. The number of aliphatic hydroxyl groups is 1. The van der Waals surface area contributed by atoms with Gasteiger partial charge in [-0.3, -0.25) is 9.69 Å². The molecule has 1 aliphatic rings. The molecular weight excluding hydrogens is 316 g/mol. The summed E-state index contributed by atoms with van der Waals surface area (Å²) in [5.74, 6) is 0.583. The number of carbonyl (C=O) groups is 1. The predicted octanol–water partition coefficient (Wildman–Crippen LogP) is 3.42. The molecule has 3 rings (SSSR count). The Morgan fingerprint density at radius 1 is 1.40 bits per heavy atom. The molecule has 2 atom stereocenters. The van der Waals surface area contributed by atoms with Gasteiger partial charge in [-0.15, -0.1) is 0 Å². The second-order valence-corrected chi connectivity index (χ2v) is 6.90. The molecule has 1 saturated heterocycles. The number of hydrogen-bond donors (Lipinski definition) is 2. The molecule has 2 unspecified atom stereocenters. The molecule has 2 aromatic rings. The first-order chi connectivity index (χ1) is 12.0. The van der Waals surface area contributed by atoms with Crippen molar-refractivity contribution in [3.05, 3.63) is 53.5 Å². The van der Waals surface area contributed by atoms with Crippen molar-refractivity contribution < 1.29 is 14.3 Å². The summed E-state index contributed by atoms with van der Waals surface area (Å²) in [5.41, 5.74) is 3.06. The maximum absolute atomic E-state index is 12.5. The van der Waals surface area contributed by atoms with Gasteiger partial charge in [0.1, 0.15) is 11.9 Å². The molecule has 2 N–H and O–H groups in total. The Bertz CT molecular complexity index is 712. The highest BCUT2D eigenvalue weighted by Crippen LogP contribution is 2.27. The molecule has 1 amide bonds. The van der Waals surface area contributed by atoms with Crippen molar-refractivity contribution in [1.82, 2.24) is 4.90 Å². The van der Waals surface area contributed by atoms with Gasteiger partial charge in [0.05, 0.1) is 12.8 Å². The fraction of sp³-hybridized carbons (Fsp3) is 0.450. The molecule has 134 valence electrons. The summed E-state index contributed by atoms with van der Waals surface area (Å²) in [6, 6.07) is 9.82. The predicted molar refractivity (Wildman–Crippen MR) is 97.4 cm³/mol. The lowest BCUT2D eigenvalue weighted by Crippen LogP contribution is -2.37. The Hall–Kier alpha value is -2.11. The van der Waals surface area contributed by atoms with Crippen LogP contribution in [0.2, 0.25) is 0 Å². The summed E-state index contributed by atoms with van der Waals surface area (Å²) in [7, 11) is 0. The minimum absolute atomic E-state index is 0.00640. The van der Waals surface area contributed by atoms with Crippen LogP contribution in [0.4, 0.5) is 5.69 Å². The normalized spacial score (nSPS) is 19.1. The van der Waals surface area contributed by atoms with Crippen LogP contribution in [0, 0.1) is 13.8 Å². The summed E-state index contributed by atoms with van der Waals surface area (Å²) in [6.07, 6.45) is 3.58. The van der Waals surface area contributed by atoms with E-state index < -0.39 is 6.10 Å². The number of rotatable bonds is 6. The first-order valence-electron chi connectivity index (χ1n) is 8.85. The van der Waals surface area contributed by atoms with E-state index in [9.17, 15) is 9.90 Å². The summed E-state index contributed by atoms with van der Waals surface area (Å²) >= 11 is 0. The molecule has 0 radical (unpaired) electrons. The minimum Gasteiger partial charge on any atom is -0.467 e. The van der Waals surface area contributed by atoms with Crippen molar-refractivity contribution >= 4 is 11.6 Å². The lowest BCUT2D eigenvalue weighted by Gasteiger charge is -2.25. The van der Waals surface area contributed by atoms with E-state index in [-0.39, 0.29) is 11.9 Å². The first-order valence-corrected chi connectivity index (χ1v) is 8.85. The molecule has 1 aromatic heterocycles. The maximum Gasteiger partial charge on any atom is 0.238 e. The summed E-state index contributed by atoms with van der Waals surface area (Å²) < 4.78 is 5.28. The second-order valence-electron chi connectivity index (χ2n) is 6.90. The zero-order valence-corrected chi connectivity index (χ0v) is 14.9. The molecule has 2 heterocycles. The quantitative estimate of drug-likeness (QED) is 0.844. The van der Waals surface area contributed by atoms with E-state index in [1.807, 2.05) is 32.0 Å². The number of nitrogens with one attached hydrogen (secondary N) is 1. The molecule has 0 spiro atoms. The van der Waals surface area contributed by atoms with Gasteiger partial charge in [-0.05, 0) is 69.0 Å². The van der Waals surface area contributed by atoms with E-state index >= 15 is 0 Å². The Labute approximate surface area is 148 Å². The van der Waals surface area contributed by atoms with Gasteiger partial charge in [0.2, 0.25) is 5.91 Å². The highest BCUT2D eigenvalue weighted by molar-refractivity contribution is 5.93. The van der Waals surface area contributed by atoms with Gasteiger partial charge in [-0.1, -0.05) is 12.1 Å². The smallest absolute Gasteiger partial charge is 0.238 e. The summed E-state index contributed by atoms with van der Waals surface area (Å²) in [4.78, 5) is 14.6. The molecule has 5 nitrogen and oxygen atoms in total. The van der Waals surface area contributed by atoms with Crippen LogP contribution in [0.1, 0.15) is 42.3 Å². The molecule has 0 saturated carbocycles. The number of amides is 1. The van der Waals surface area contributed by atoms with Crippen LogP contribution in [0.5, 0.6) is 0 Å². The Kier molecular flexibility index (Phi) is 5.56. The second kappa shape index (κ2) is 7.85. The number of furan rings is 1. The van der Waals surface area contributed by atoms with Crippen LogP contribution in [-0.2, 0) is 4.79 Å². The number of aliphatic hydroxyl groups excluding tert-OH is 1. The number of anilines is 1. The van der Waals surface area contributed by atoms with Crippen LogP contribution in [0.15, 0.2) is 41.0 Å². The van der Waals surface area contributed by atoms with Gasteiger partial charge in [-0.2, -0.15) is 0 Å². The van der Waals surface area contributed by atoms with Crippen LogP contribution < -0.4 is 5.32 Å². The molecule has 1 aromatic carbocycles. The number of likely N-dealkylation sites (tertiary alicyclic amines) is 1. The van der Waals surface area contributed by atoms with Crippen LogP contribution in [0.25, 0.3) is 0 Å². The monoisotopic (exact) mass is 342 g/mol. The molecule has 1 aliphatic heterocycles. The third-order valence-corrected chi connectivity index (χ3v) is 4.88. The molecule has 0 aliphatic carbocycles. The molecule has 5 heteroatoms. The lowest BCUT2D eigenvalue weighted by molar-refractivity contribution is -0.117. The lowest BCUT2D eigenvalue weighted by atomic mass is 10.1. The standard InChI is InChI=1S/C20H26N2O3/c1-14-7-8-15(2)17(11-14)21-20(24)13-22-9-3-5-16(22)12-18(23)19-6-4-10-25-19/h4,6-8,10-11,16,18,23H,3,5,9,12-13H2,1-2H3,(H,21,24).